The van der Waals surface area contributed by atoms with Crippen LogP contribution in [-0.4, -0.2) is 35.1 Å². The standard InChI is InChI=1S/C18H19N3O3/c1-11-2-3-12(18(23)24)7-16(11)13-4-5-21(10-13)15-6-14(17(19)22)8-20-9-15/h2-3,6-9,13H,4-5,10H2,1H3,(H2,19,22)(H,23,24)/t13-/m0/s1. The van der Waals surface area contributed by atoms with Gasteiger partial charge in [0.25, 0.3) is 0 Å². The number of primary amides is 1. The molecule has 1 aromatic heterocycles. The topological polar surface area (TPSA) is 96.5 Å². The first-order valence-electron chi connectivity index (χ1n) is 7.79. The maximum absolute atomic E-state index is 11.3. The fraction of sp³-hybridized carbons (Fsp3) is 0.278. The number of aromatic carboxylic acids is 1. The van der Waals surface area contributed by atoms with Gasteiger partial charge >= 0.3 is 5.97 Å². The Morgan fingerprint density at radius 1 is 1.25 bits per heavy atom. The molecule has 1 aliphatic rings. The van der Waals surface area contributed by atoms with Gasteiger partial charge in [-0.3, -0.25) is 9.78 Å². The third-order valence-electron chi connectivity index (χ3n) is 4.53. The molecule has 1 saturated heterocycles. The van der Waals surface area contributed by atoms with Crippen molar-refractivity contribution in [2.45, 2.75) is 19.3 Å². The minimum absolute atomic E-state index is 0.251. The van der Waals surface area contributed by atoms with Crippen molar-refractivity contribution in [1.82, 2.24) is 4.98 Å². The number of carbonyl (C=O) groups is 2. The molecule has 0 radical (unpaired) electrons. The van der Waals surface area contributed by atoms with Crippen LogP contribution in [0.1, 0.15) is 44.2 Å². The number of aromatic nitrogens is 1. The number of rotatable bonds is 4. The fourth-order valence-corrected chi connectivity index (χ4v) is 3.20. The number of carboxylic acids is 1. The van der Waals surface area contributed by atoms with Crippen LogP contribution in [0.5, 0.6) is 0 Å². The van der Waals surface area contributed by atoms with E-state index in [4.69, 9.17) is 5.73 Å². The van der Waals surface area contributed by atoms with Gasteiger partial charge in [0.1, 0.15) is 0 Å². The van der Waals surface area contributed by atoms with Crippen LogP contribution < -0.4 is 10.6 Å². The van der Waals surface area contributed by atoms with E-state index < -0.39 is 11.9 Å². The Hall–Kier alpha value is -2.89. The molecule has 1 fully saturated rings. The Kier molecular flexibility index (Phi) is 4.20. The average Bonchev–Trinajstić information content (AvgIpc) is 3.05. The summed E-state index contributed by atoms with van der Waals surface area (Å²) in [5, 5.41) is 9.19. The Morgan fingerprint density at radius 3 is 2.75 bits per heavy atom. The predicted octanol–water partition coefficient (Wildman–Crippen LogP) is 2.18. The Labute approximate surface area is 139 Å². The highest BCUT2D eigenvalue weighted by molar-refractivity contribution is 5.93. The van der Waals surface area contributed by atoms with Gasteiger partial charge in [0, 0.05) is 25.2 Å². The summed E-state index contributed by atoms with van der Waals surface area (Å²) in [7, 11) is 0. The lowest BCUT2D eigenvalue weighted by Gasteiger charge is -2.19. The largest absolute Gasteiger partial charge is 0.478 e. The van der Waals surface area contributed by atoms with Gasteiger partial charge in [0.15, 0.2) is 0 Å². The van der Waals surface area contributed by atoms with Crippen LogP contribution in [0.15, 0.2) is 36.7 Å². The Morgan fingerprint density at radius 2 is 2.04 bits per heavy atom. The summed E-state index contributed by atoms with van der Waals surface area (Å²) in [5.74, 6) is -1.16. The van der Waals surface area contributed by atoms with Crippen molar-refractivity contribution < 1.29 is 14.7 Å². The molecule has 1 amide bonds. The highest BCUT2D eigenvalue weighted by atomic mass is 16.4. The number of nitrogens with zero attached hydrogens (tertiary/aromatic N) is 2. The van der Waals surface area contributed by atoms with Crippen molar-refractivity contribution in [3.05, 3.63) is 58.9 Å². The Balaban J connectivity index is 1.83. The van der Waals surface area contributed by atoms with Crippen LogP contribution in [-0.2, 0) is 0 Å². The molecular weight excluding hydrogens is 306 g/mol. The van der Waals surface area contributed by atoms with Crippen molar-refractivity contribution in [2.75, 3.05) is 18.0 Å². The summed E-state index contributed by atoms with van der Waals surface area (Å²) in [4.78, 5) is 28.7. The molecule has 3 rings (SSSR count). The summed E-state index contributed by atoms with van der Waals surface area (Å²) in [5.41, 5.74) is 9.03. The van der Waals surface area contributed by atoms with E-state index >= 15 is 0 Å². The molecular formula is C18H19N3O3. The van der Waals surface area contributed by atoms with Gasteiger partial charge in [-0.2, -0.15) is 0 Å². The molecule has 2 aromatic rings. The second-order valence-electron chi connectivity index (χ2n) is 6.10. The molecule has 1 aromatic carbocycles. The van der Waals surface area contributed by atoms with Gasteiger partial charge in [-0.15, -0.1) is 0 Å². The molecule has 0 bridgehead atoms. The monoisotopic (exact) mass is 325 g/mol. The summed E-state index contributed by atoms with van der Waals surface area (Å²) >= 11 is 0. The molecule has 0 aliphatic carbocycles. The molecule has 24 heavy (non-hydrogen) atoms. The van der Waals surface area contributed by atoms with Gasteiger partial charge < -0.3 is 15.7 Å². The Bertz CT molecular complexity index is 804. The van der Waals surface area contributed by atoms with E-state index in [0.29, 0.717) is 11.1 Å². The van der Waals surface area contributed by atoms with Gasteiger partial charge in [-0.25, -0.2) is 4.79 Å². The predicted molar refractivity (Wildman–Crippen MR) is 90.5 cm³/mol. The number of pyridine rings is 1. The summed E-state index contributed by atoms with van der Waals surface area (Å²) in [6.07, 6.45) is 4.10. The minimum atomic E-state index is -0.913. The van der Waals surface area contributed by atoms with Crippen molar-refractivity contribution in [3.63, 3.8) is 0 Å². The van der Waals surface area contributed by atoms with Crippen LogP contribution in [0.25, 0.3) is 0 Å². The number of aryl methyl sites for hydroxylation is 1. The van der Waals surface area contributed by atoms with Crippen molar-refractivity contribution in [3.8, 4) is 0 Å². The smallest absolute Gasteiger partial charge is 0.335 e. The zero-order valence-corrected chi connectivity index (χ0v) is 13.4. The molecule has 2 heterocycles. The number of hydrogen-bond acceptors (Lipinski definition) is 4. The lowest BCUT2D eigenvalue weighted by atomic mass is 9.92. The number of hydrogen-bond donors (Lipinski definition) is 2. The van der Waals surface area contributed by atoms with Crippen LogP contribution in [0, 0.1) is 6.92 Å². The summed E-state index contributed by atoms with van der Waals surface area (Å²) in [6, 6.07) is 7.01. The lowest BCUT2D eigenvalue weighted by Crippen LogP contribution is -2.21. The van der Waals surface area contributed by atoms with Gasteiger partial charge in [0.05, 0.1) is 23.0 Å². The van der Waals surface area contributed by atoms with E-state index in [-0.39, 0.29) is 5.92 Å². The third kappa shape index (κ3) is 3.08. The molecule has 1 atom stereocenters. The molecule has 0 spiro atoms. The second-order valence-corrected chi connectivity index (χ2v) is 6.10. The quantitative estimate of drug-likeness (QED) is 0.898. The lowest BCUT2D eigenvalue weighted by molar-refractivity contribution is 0.0696. The minimum Gasteiger partial charge on any atom is -0.478 e. The number of carboxylic acid groups (broad SMARTS) is 1. The van der Waals surface area contributed by atoms with Gasteiger partial charge in [-0.1, -0.05) is 6.07 Å². The molecule has 0 saturated carbocycles. The number of amides is 1. The number of anilines is 1. The van der Waals surface area contributed by atoms with Crippen molar-refractivity contribution >= 4 is 17.6 Å². The third-order valence-corrected chi connectivity index (χ3v) is 4.53. The van der Waals surface area contributed by atoms with E-state index in [1.54, 1.807) is 24.4 Å². The van der Waals surface area contributed by atoms with E-state index in [9.17, 15) is 14.7 Å². The highest BCUT2D eigenvalue weighted by Crippen LogP contribution is 2.32. The van der Waals surface area contributed by atoms with E-state index in [2.05, 4.69) is 9.88 Å². The fourth-order valence-electron chi connectivity index (χ4n) is 3.20. The number of carbonyl (C=O) groups excluding carboxylic acids is 1. The molecule has 0 unspecified atom stereocenters. The van der Waals surface area contributed by atoms with E-state index in [0.717, 1.165) is 36.3 Å². The number of benzene rings is 1. The van der Waals surface area contributed by atoms with Crippen LogP contribution in [0.3, 0.4) is 0 Å². The molecule has 3 N–H and O–H groups in total. The van der Waals surface area contributed by atoms with Crippen molar-refractivity contribution in [1.29, 1.82) is 0 Å². The zero-order valence-electron chi connectivity index (χ0n) is 13.4. The maximum atomic E-state index is 11.3. The van der Waals surface area contributed by atoms with Crippen LogP contribution in [0.4, 0.5) is 5.69 Å². The average molecular weight is 325 g/mol. The molecule has 1 aliphatic heterocycles. The molecule has 124 valence electrons. The number of nitrogens with two attached hydrogens (primary N) is 1. The highest BCUT2D eigenvalue weighted by Gasteiger charge is 2.26. The molecule has 6 heteroatoms. The second kappa shape index (κ2) is 6.31. The van der Waals surface area contributed by atoms with Crippen LogP contribution in [0.2, 0.25) is 0 Å². The van der Waals surface area contributed by atoms with E-state index in [1.165, 1.54) is 6.20 Å². The molecule has 6 nitrogen and oxygen atoms in total. The first-order chi connectivity index (χ1) is 11.5. The first kappa shape index (κ1) is 16.0. The summed E-state index contributed by atoms with van der Waals surface area (Å²) in [6.45, 7) is 3.58. The first-order valence-corrected chi connectivity index (χ1v) is 7.79. The zero-order chi connectivity index (χ0) is 17.3. The summed E-state index contributed by atoms with van der Waals surface area (Å²) < 4.78 is 0. The van der Waals surface area contributed by atoms with E-state index in [1.807, 2.05) is 13.0 Å². The van der Waals surface area contributed by atoms with Crippen LogP contribution >= 0.6 is 0 Å². The van der Waals surface area contributed by atoms with Gasteiger partial charge in [-0.05, 0) is 42.7 Å². The SMILES string of the molecule is Cc1ccc(C(=O)O)cc1[C@H]1CCN(c2cncc(C(N)=O)c2)C1. The normalized spacial score (nSPS) is 17.0. The maximum Gasteiger partial charge on any atom is 0.335 e. The van der Waals surface area contributed by atoms with Crippen molar-refractivity contribution in [2.24, 2.45) is 5.73 Å². The van der Waals surface area contributed by atoms with Gasteiger partial charge in [0.2, 0.25) is 5.91 Å².